The molecule has 3 heterocycles. The van der Waals surface area contributed by atoms with Crippen LogP contribution in [-0.2, 0) is 17.3 Å². The minimum absolute atomic E-state index is 0.0231. The van der Waals surface area contributed by atoms with E-state index in [1.807, 2.05) is 6.92 Å². The molecule has 0 bridgehead atoms. The summed E-state index contributed by atoms with van der Waals surface area (Å²) in [5.74, 6) is 0.129. The molecule has 9 nitrogen and oxygen atoms in total. The molecule has 0 aromatic carbocycles. The van der Waals surface area contributed by atoms with Crippen molar-refractivity contribution in [3.8, 4) is 0 Å². The quantitative estimate of drug-likeness (QED) is 0.490. The average Bonchev–Trinajstić information content (AvgIpc) is 2.79. The third-order valence-electron chi connectivity index (χ3n) is 5.36. The molecule has 2 aromatic rings. The number of aromatic nitrogens is 4. The van der Waals surface area contributed by atoms with Gasteiger partial charge in [0.15, 0.2) is 11.5 Å². The first-order valence-electron chi connectivity index (χ1n) is 11.0. The molecule has 12 heteroatoms. The molecular formula is C22H29F3N6O3. The van der Waals surface area contributed by atoms with Gasteiger partial charge in [0.2, 0.25) is 0 Å². The van der Waals surface area contributed by atoms with Crippen LogP contribution >= 0.6 is 0 Å². The molecule has 186 valence electrons. The maximum atomic E-state index is 12.8. The number of halogens is 3. The van der Waals surface area contributed by atoms with Crippen LogP contribution in [0.4, 0.5) is 19.0 Å². The SMILES string of the molecule is CC(C)Cc1cnc([C@H](C)NC[C@H]2OCC(C=Nc3cncc(C(F)(F)F)n3)[C@@H](O)[C@H]2O)nc1. The van der Waals surface area contributed by atoms with Crippen LogP contribution in [0.5, 0.6) is 0 Å². The third kappa shape index (κ3) is 6.98. The average molecular weight is 483 g/mol. The molecule has 1 unspecified atom stereocenters. The van der Waals surface area contributed by atoms with E-state index in [1.165, 1.54) is 6.21 Å². The van der Waals surface area contributed by atoms with Crippen LogP contribution in [0.1, 0.15) is 43.9 Å². The fourth-order valence-electron chi connectivity index (χ4n) is 3.49. The molecule has 0 saturated carbocycles. The van der Waals surface area contributed by atoms with Gasteiger partial charge in [0.1, 0.15) is 11.9 Å². The van der Waals surface area contributed by atoms with Gasteiger partial charge in [-0.3, -0.25) is 4.98 Å². The van der Waals surface area contributed by atoms with Crippen molar-refractivity contribution in [2.24, 2.45) is 16.8 Å². The normalized spacial score (nSPS) is 24.6. The Morgan fingerprint density at radius 3 is 2.50 bits per heavy atom. The van der Waals surface area contributed by atoms with Gasteiger partial charge in [-0.25, -0.2) is 19.9 Å². The van der Waals surface area contributed by atoms with Gasteiger partial charge >= 0.3 is 6.18 Å². The zero-order valence-corrected chi connectivity index (χ0v) is 19.1. The van der Waals surface area contributed by atoms with Gasteiger partial charge in [0, 0.05) is 31.1 Å². The monoisotopic (exact) mass is 482 g/mol. The molecule has 3 rings (SSSR count). The molecule has 0 radical (unpaired) electrons. The summed E-state index contributed by atoms with van der Waals surface area (Å²) in [7, 11) is 0. The van der Waals surface area contributed by atoms with Crippen molar-refractivity contribution in [3.63, 3.8) is 0 Å². The predicted octanol–water partition coefficient (Wildman–Crippen LogP) is 2.27. The Morgan fingerprint density at radius 2 is 1.85 bits per heavy atom. The van der Waals surface area contributed by atoms with Crippen molar-refractivity contribution in [2.75, 3.05) is 13.2 Å². The van der Waals surface area contributed by atoms with E-state index in [2.05, 4.69) is 44.1 Å². The first-order chi connectivity index (χ1) is 16.0. The number of aliphatic hydroxyl groups excluding tert-OH is 2. The number of nitrogens with zero attached hydrogens (tertiary/aromatic N) is 5. The lowest BCUT2D eigenvalue weighted by Crippen LogP contribution is -2.54. The fraction of sp³-hybridized carbons (Fsp3) is 0.591. The zero-order valence-electron chi connectivity index (χ0n) is 19.1. The number of rotatable bonds is 8. The fourth-order valence-corrected chi connectivity index (χ4v) is 3.49. The Labute approximate surface area is 195 Å². The maximum absolute atomic E-state index is 12.8. The van der Waals surface area contributed by atoms with Gasteiger partial charge in [0.05, 0.1) is 37.3 Å². The highest BCUT2D eigenvalue weighted by Crippen LogP contribution is 2.28. The third-order valence-corrected chi connectivity index (χ3v) is 5.36. The predicted molar refractivity (Wildman–Crippen MR) is 117 cm³/mol. The van der Waals surface area contributed by atoms with Gasteiger partial charge in [-0.1, -0.05) is 13.8 Å². The van der Waals surface area contributed by atoms with Crippen molar-refractivity contribution in [1.82, 2.24) is 25.3 Å². The molecule has 5 atom stereocenters. The number of aliphatic hydroxyl groups is 2. The van der Waals surface area contributed by atoms with Crippen LogP contribution in [0.2, 0.25) is 0 Å². The van der Waals surface area contributed by atoms with Crippen molar-refractivity contribution < 1.29 is 28.1 Å². The lowest BCUT2D eigenvalue weighted by Gasteiger charge is -2.36. The number of hydrogen-bond acceptors (Lipinski definition) is 9. The van der Waals surface area contributed by atoms with Gasteiger partial charge in [-0.15, -0.1) is 0 Å². The number of alkyl halides is 3. The minimum Gasteiger partial charge on any atom is -0.390 e. The van der Waals surface area contributed by atoms with Crippen molar-refractivity contribution in [2.45, 2.75) is 57.7 Å². The van der Waals surface area contributed by atoms with E-state index >= 15 is 0 Å². The second kappa shape index (κ2) is 11.3. The van der Waals surface area contributed by atoms with Gasteiger partial charge in [0.25, 0.3) is 0 Å². The van der Waals surface area contributed by atoms with Crippen LogP contribution in [0.3, 0.4) is 0 Å². The van der Waals surface area contributed by atoms with E-state index in [0.29, 0.717) is 17.9 Å². The van der Waals surface area contributed by atoms with Crippen molar-refractivity contribution >= 4 is 12.0 Å². The molecule has 1 aliphatic heterocycles. The van der Waals surface area contributed by atoms with E-state index < -0.39 is 36.1 Å². The van der Waals surface area contributed by atoms with Gasteiger partial charge in [-0.05, 0) is 24.8 Å². The molecule has 0 spiro atoms. The van der Waals surface area contributed by atoms with E-state index in [1.54, 1.807) is 12.4 Å². The number of ether oxygens (including phenoxy) is 1. The zero-order chi connectivity index (χ0) is 24.9. The summed E-state index contributed by atoms with van der Waals surface area (Å²) in [6.45, 7) is 6.39. The van der Waals surface area contributed by atoms with Crippen molar-refractivity contribution in [1.29, 1.82) is 0 Å². The largest absolute Gasteiger partial charge is 0.434 e. The molecular weight excluding hydrogens is 453 g/mol. The van der Waals surface area contributed by atoms with Gasteiger partial charge < -0.3 is 20.3 Å². The lowest BCUT2D eigenvalue weighted by molar-refractivity contribution is -0.147. The summed E-state index contributed by atoms with van der Waals surface area (Å²) >= 11 is 0. The standard InChI is InChI=1S/C22H29F3N6O3/c1-12(2)4-14-5-29-21(30-6-14)13(3)27-8-16-20(33)19(32)15(11-34-16)7-28-18-10-26-9-17(31-18)22(23,24)25/h5-7,9-10,12-13,15-16,19-20,27,32-33H,4,8,11H2,1-3H3/t13-,15?,16+,19+,20-/m0/s1. The van der Waals surface area contributed by atoms with E-state index in [9.17, 15) is 23.4 Å². The van der Waals surface area contributed by atoms with Crippen LogP contribution in [-0.4, -0.2) is 67.8 Å². The smallest absolute Gasteiger partial charge is 0.390 e. The Bertz CT molecular complexity index is 958. The highest BCUT2D eigenvalue weighted by Gasteiger charge is 2.38. The van der Waals surface area contributed by atoms with Crippen LogP contribution in [0, 0.1) is 11.8 Å². The molecule has 0 aliphatic carbocycles. The highest BCUT2D eigenvalue weighted by atomic mass is 19.4. The number of nitrogens with one attached hydrogen (secondary N) is 1. The van der Waals surface area contributed by atoms with Crippen LogP contribution in [0.15, 0.2) is 29.8 Å². The summed E-state index contributed by atoms with van der Waals surface area (Å²) in [6.07, 6.45) is -0.393. The molecule has 3 N–H and O–H groups in total. The van der Waals surface area contributed by atoms with E-state index in [-0.39, 0.29) is 25.0 Å². The Balaban J connectivity index is 1.53. The molecule has 34 heavy (non-hydrogen) atoms. The second-order valence-electron chi connectivity index (χ2n) is 8.73. The van der Waals surface area contributed by atoms with Crippen LogP contribution in [0.25, 0.3) is 0 Å². The minimum atomic E-state index is -4.64. The molecule has 1 fully saturated rings. The maximum Gasteiger partial charge on any atom is 0.434 e. The molecule has 1 saturated heterocycles. The molecule has 1 aliphatic rings. The van der Waals surface area contributed by atoms with Gasteiger partial charge in [-0.2, -0.15) is 13.2 Å². The summed E-state index contributed by atoms with van der Waals surface area (Å²) in [6, 6.07) is -0.209. The second-order valence-corrected chi connectivity index (χ2v) is 8.73. The Morgan fingerprint density at radius 1 is 1.15 bits per heavy atom. The number of aliphatic imine (C=N–C) groups is 1. The van der Waals surface area contributed by atoms with E-state index in [4.69, 9.17) is 4.74 Å². The molecule has 0 amide bonds. The Hall–Kier alpha value is -2.54. The topological polar surface area (TPSA) is 126 Å². The lowest BCUT2D eigenvalue weighted by atomic mass is 9.93. The first-order valence-corrected chi connectivity index (χ1v) is 11.0. The molecule has 2 aromatic heterocycles. The summed E-state index contributed by atoms with van der Waals surface area (Å²) in [5.41, 5.74) is -0.106. The van der Waals surface area contributed by atoms with Crippen molar-refractivity contribution in [3.05, 3.63) is 41.9 Å². The number of hydrogen-bond donors (Lipinski definition) is 3. The van der Waals surface area contributed by atoms with E-state index in [0.717, 1.165) is 18.2 Å². The highest BCUT2D eigenvalue weighted by molar-refractivity contribution is 5.65. The first kappa shape index (κ1) is 26.1. The summed E-state index contributed by atoms with van der Waals surface area (Å²) in [4.78, 5) is 19.5. The summed E-state index contributed by atoms with van der Waals surface area (Å²) in [5, 5.41) is 24.1. The summed E-state index contributed by atoms with van der Waals surface area (Å²) < 4.78 is 43.9. The Kier molecular flexibility index (Phi) is 8.63. The van der Waals surface area contributed by atoms with Crippen LogP contribution < -0.4 is 5.32 Å².